The van der Waals surface area contributed by atoms with E-state index in [-0.39, 0.29) is 23.1 Å². The van der Waals surface area contributed by atoms with Gasteiger partial charge in [-0.05, 0) is 81.0 Å². The van der Waals surface area contributed by atoms with Crippen molar-refractivity contribution in [1.29, 1.82) is 0 Å². The van der Waals surface area contributed by atoms with E-state index in [0.29, 0.717) is 17.8 Å². The van der Waals surface area contributed by atoms with Gasteiger partial charge in [0.05, 0.1) is 6.10 Å². The first-order chi connectivity index (χ1) is 11.9. The number of hydrogen-bond acceptors (Lipinski definition) is 3. The standard InChI is InChI=1S/C22H32O3/c1-20-9-5-15(23)13-14(20)3-4-16-17(20)6-10-21(2)18(16)7-11-22(21)12-8-19(24)25-22/h3,15-18,23H,4-13H2,1-2H3/t15-,16?,17?,18?,20-,21-,22-/m0/s1. The maximum absolute atomic E-state index is 11.9. The monoisotopic (exact) mass is 344 g/mol. The highest BCUT2D eigenvalue weighted by molar-refractivity contribution is 5.72. The minimum absolute atomic E-state index is 0.0306. The molecule has 0 amide bonds. The summed E-state index contributed by atoms with van der Waals surface area (Å²) < 4.78 is 6.02. The van der Waals surface area contributed by atoms with E-state index in [4.69, 9.17) is 4.74 Å². The van der Waals surface area contributed by atoms with Gasteiger partial charge >= 0.3 is 5.97 Å². The van der Waals surface area contributed by atoms with Crippen molar-refractivity contribution in [3.05, 3.63) is 11.6 Å². The van der Waals surface area contributed by atoms with Gasteiger partial charge in [-0.2, -0.15) is 0 Å². The Labute approximate surface area is 151 Å². The molecule has 0 radical (unpaired) electrons. The molecule has 4 aliphatic carbocycles. The van der Waals surface area contributed by atoms with Crippen molar-refractivity contribution in [3.8, 4) is 0 Å². The molecule has 4 fully saturated rings. The number of rotatable bonds is 0. The van der Waals surface area contributed by atoms with Crippen LogP contribution in [0.1, 0.15) is 78.1 Å². The average Bonchev–Trinajstić information content (AvgIpc) is 3.10. The van der Waals surface area contributed by atoms with Gasteiger partial charge in [0.2, 0.25) is 0 Å². The fourth-order valence-corrected chi connectivity index (χ4v) is 7.94. The van der Waals surface area contributed by atoms with Crippen LogP contribution in [0.2, 0.25) is 0 Å². The fraction of sp³-hybridized carbons (Fsp3) is 0.864. The van der Waals surface area contributed by atoms with Gasteiger partial charge in [0.15, 0.2) is 0 Å². The molecule has 0 aromatic carbocycles. The summed E-state index contributed by atoms with van der Waals surface area (Å²) in [6.45, 7) is 4.91. The molecule has 1 N–H and O–H groups in total. The number of ether oxygens (including phenoxy) is 1. The maximum Gasteiger partial charge on any atom is 0.306 e. The quantitative estimate of drug-likeness (QED) is 0.524. The van der Waals surface area contributed by atoms with E-state index < -0.39 is 0 Å². The predicted molar refractivity (Wildman–Crippen MR) is 95.8 cm³/mol. The molecule has 3 heteroatoms. The van der Waals surface area contributed by atoms with Gasteiger partial charge in [-0.1, -0.05) is 25.5 Å². The summed E-state index contributed by atoms with van der Waals surface area (Å²) in [4.78, 5) is 11.9. The van der Waals surface area contributed by atoms with Crippen LogP contribution in [0, 0.1) is 28.6 Å². The van der Waals surface area contributed by atoms with Gasteiger partial charge in [0.25, 0.3) is 0 Å². The SMILES string of the molecule is C[C@]12CC[C@H](O)CC1=CCC1C2CC[C@@]2(C)C1CC[C@]21CCC(=O)O1. The third-order valence-electron chi connectivity index (χ3n) is 9.41. The number of aliphatic hydroxyl groups is 1. The minimum atomic E-state index is -0.159. The Balaban J connectivity index is 1.49. The van der Waals surface area contributed by atoms with E-state index in [1.807, 2.05) is 0 Å². The van der Waals surface area contributed by atoms with Crippen molar-refractivity contribution in [2.45, 2.75) is 89.8 Å². The largest absolute Gasteiger partial charge is 0.458 e. The summed E-state index contributed by atoms with van der Waals surface area (Å²) in [7, 11) is 0. The molecule has 25 heavy (non-hydrogen) atoms. The van der Waals surface area contributed by atoms with Crippen LogP contribution in [0.4, 0.5) is 0 Å². The van der Waals surface area contributed by atoms with Crippen molar-refractivity contribution in [1.82, 2.24) is 0 Å². The lowest BCUT2D eigenvalue weighted by Gasteiger charge is -2.59. The number of allylic oxidation sites excluding steroid dienone is 1. The van der Waals surface area contributed by atoms with Crippen molar-refractivity contribution < 1.29 is 14.6 Å². The summed E-state index contributed by atoms with van der Waals surface area (Å²) in [5, 5.41) is 10.1. The molecule has 1 heterocycles. The molecule has 138 valence electrons. The van der Waals surface area contributed by atoms with Crippen molar-refractivity contribution in [3.63, 3.8) is 0 Å². The van der Waals surface area contributed by atoms with Crippen molar-refractivity contribution >= 4 is 5.97 Å². The third-order valence-corrected chi connectivity index (χ3v) is 9.41. The van der Waals surface area contributed by atoms with Crippen LogP contribution in [0.15, 0.2) is 11.6 Å². The van der Waals surface area contributed by atoms with Gasteiger partial charge < -0.3 is 9.84 Å². The lowest BCUT2D eigenvalue weighted by molar-refractivity contribution is -0.167. The number of carbonyl (C=O) groups is 1. The number of fused-ring (bicyclic) bond motifs is 6. The lowest BCUT2D eigenvalue weighted by atomic mass is 9.47. The van der Waals surface area contributed by atoms with Crippen molar-refractivity contribution in [2.75, 3.05) is 0 Å². The summed E-state index contributed by atoms with van der Waals surface area (Å²) in [5.74, 6) is 2.22. The first-order valence-electron chi connectivity index (χ1n) is 10.5. The molecule has 5 aliphatic rings. The molecule has 1 spiro atoms. The molecule has 3 nitrogen and oxygen atoms in total. The van der Waals surface area contributed by atoms with Crippen LogP contribution in [0.5, 0.6) is 0 Å². The number of carbonyl (C=O) groups excluding carboxylic acids is 1. The second kappa shape index (κ2) is 5.12. The zero-order valence-electron chi connectivity index (χ0n) is 15.7. The Hall–Kier alpha value is -0.830. The molecular weight excluding hydrogens is 312 g/mol. The normalized spacial score (nSPS) is 54.5. The Morgan fingerprint density at radius 1 is 1.08 bits per heavy atom. The van der Waals surface area contributed by atoms with E-state index in [2.05, 4.69) is 19.9 Å². The third kappa shape index (κ3) is 1.99. The summed E-state index contributed by atoms with van der Waals surface area (Å²) in [6.07, 6.45) is 12.9. The minimum Gasteiger partial charge on any atom is -0.458 e. The average molecular weight is 344 g/mol. The smallest absolute Gasteiger partial charge is 0.306 e. The Morgan fingerprint density at radius 2 is 1.88 bits per heavy atom. The summed E-state index contributed by atoms with van der Waals surface area (Å²) in [6, 6.07) is 0. The molecule has 0 aromatic heterocycles. The second-order valence-corrected chi connectivity index (χ2v) is 10.1. The van der Waals surface area contributed by atoms with Gasteiger partial charge in [-0.25, -0.2) is 0 Å². The van der Waals surface area contributed by atoms with Crippen LogP contribution < -0.4 is 0 Å². The topological polar surface area (TPSA) is 46.5 Å². The highest BCUT2D eigenvalue weighted by atomic mass is 16.6. The fourth-order valence-electron chi connectivity index (χ4n) is 7.94. The van der Waals surface area contributed by atoms with Crippen LogP contribution in [-0.2, 0) is 9.53 Å². The molecule has 3 saturated carbocycles. The molecule has 1 saturated heterocycles. The predicted octanol–water partition coefficient (Wildman–Crippen LogP) is 4.39. The Morgan fingerprint density at radius 3 is 2.64 bits per heavy atom. The number of esters is 1. The summed E-state index contributed by atoms with van der Waals surface area (Å²) in [5.41, 5.74) is 1.85. The zero-order chi connectivity index (χ0) is 17.4. The van der Waals surface area contributed by atoms with Crippen molar-refractivity contribution in [2.24, 2.45) is 28.6 Å². The van der Waals surface area contributed by atoms with Gasteiger partial charge in [0, 0.05) is 11.8 Å². The molecule has 5 rings (SSSR count). The van der Waals surface area contributed by atoms with Gasteiger partial charge in [-0.3, -0.25) is 4.79 Å². The molecule has 7 atom stereocenters. The molecule has 0 aromatic rings. The van der Waals surface area contributed by atoms with Crippen LogP contribution in [0.25, 0.3) is 0 Å². The van der Waals surface area contributed by atoms with E-state index in [0.717, 1.165) is 43.9 Å². The van der Waals surface area contributed by atoms with Crippen LogP contribution >= 0.6 is 0 Å². The van der Waals surface area contributed by atoms with Crippen LogP contribution in [-0.4, -0.2) is 22.8 Å². The maximum atomic E-state index is 11.9. The highest BCUT2D eigenvalue weighted by Crippen LogP contribution is 2.69. The molecule has 0 bridgehead atoms. The molecular formula is C22H32O3. The second-order valence-electron chi connectivity index (χ2n) is 10.1. The molecule has 3 unspecified atom stereocenters. The summed E-state index contributed by atoms with van der Waals surface area (Å²) >= 11 is 0. The Bertz CT molecular complexity index is 639. The first-order valence-corrected chi connectivity index (χ1v) is 10.5. The van der Waals surface area contributed by atoms with E-state index in [1.165, 1.54) is 31.3 Å². The van der Waals surface area contributed by atoms with Gasteiger partial charge in [0.1, 0.15) is 5.60 Å². The highest BCUT2D eigenvalue weighted by Gasteiger charge is 2.66. The molecule has 1 aliphatic heterocycles. The zero-order valence-corrected chi connectivity index (χ0v) is 15.7. The van der Waals surface area contributed by atoms with Crippen LogP contribution in [0.3, 0.4) is 0 Å². The first kappa shape index (κ1) is 16.4. The Kier molecular flexibility index (Phi) is 3.35. The number of hydrogen-bond donors (Lipinski definition) is 1. The van der Waals surface area contributed by atoms with E-state index in [1.54, 1.807) is 0 Å². The van der Waals surface area contributed by atoms with Gasteiger partial charge in [-0.15, -0.1) is 0 Å². The number of aliphatic hydroxyl groups excluding tert-OH is 1. The lowest BCUT2D eigenvalue weighted by Crippen LogP contribution is -2.54. The van der Waals surface area contributed by atoms with E-state index in [9.17, 15) is 9.90 Å². The van der Waals surface area contributed by atoms with E-state index >= 15 is 0 Å².